The van der Waals surface area contributed by atoms with E-state index >= 15 is 0 Å². The molecule has 0 saturated carbocycles. The number of hydrogen-bond donors (Lipinski definition) is 0. The molecule has 0 N–H and O–H groups in total. The van der Waals surface area contributed by atoms with Crippen molar-refractivity contribution >= 4 is 18.9 Å². The summed E-state index contributed by atoms with van der Waals surface area (Å²) in [6.07, 6.45) is 0. The maximum absolute atomic E-state index is 0. The Morgan fingerprint density at radius 2 is 1.00 bits per heavy atom. The van der Waals surface area contributed by atoms with Gasteiger partial charge in [-0.25, -0.2) is 0 Å². The largest absolute Gasteiger partial charge is 0 e. The first-order valence-corrected chi connectivity index (χ1v) is 0. The van der Waals surface area contributed by atoms with E-state index in [9.17, 15) is 0 Å². The third-order valence-corrected chi connectivity index (χ3v) is 0. The van der Waals surface area contributed by atoms with Gasteiger partial charge < -0.3 is 0 Å². The molecule has 0 spiro atoms. The smallest absolute Gasteiger partial charge is 0 e. The summed E-state index contributed by atoms with van der Waals surface area (Å²) in [5, 5.41) is 0. The van der Waals surface area contributed by atoms with Crippen LogP contribution in [-0.4, -0.2) is 18.9 Å². The molecular formula is CoLiMnMoNi. The van der Waals surface area contributed by atoms with Gasteiger partial charge in [-0.05, 0) is 0 Å². The Balaban J connectivity index is 0. The molecule has 0 aromatic heterocycles. The third kappa shape index (κ3) is 20.0. The molecule has 0 heterocycles. The summed E-state index contributed by atoms with van der Waals surface area (Å²) in [6, 6.07) is 0. The molecule has 0 amide bonds. The van der Waals surface area contributed by atoms with Gasteiger partial charge in [0.2, 0.25) is 0 Å². The zero-order valence-electron chi connectivity index (χ0n) is 2.44. The molecule has 0 unspecified atom stereocenters. The molecular weight excluding hydrogens is 275 g/mol. The van der Waals surface area contributed by atoms with E-state index in [4.69, 9.17) is 0 Å². The molecule has 0 fully saturated rings. The average Bonchev–Trinajstić information content (AvgIpc) is 0. The van der Waals surface area contributed by atoms with Crippen LogP contribution in [0.25, 0.3) is 0 Å². The van der Waals surface area contributed by atoms with Crippen LogP contribution in [0.1, 0.15) is 0 Å². The van der Waals surface area contributed by atoms with Crippen LogP contribution in [0.3, 0.4) is 0 Å². The minimum atomic E-state index is 0. The first kappa shape index (κ1) is 45.9. The molecule has 0 atom stereocenters. The van der Waals surface area contributed by atoms with E-state index in [2.05, 4.69) is 0 Å². The topological polar surface area (TPSA) is 0 Å². The van der Waals surface area contributed by atoms with Gasteiger partial charge in [0.15, 0.2) is 0 Å². The van der Waals surface area contributed by atoms with Gasteiger partial charge in [-0.3, -0.25) is 0 Å². The first-order valence-electron chi connectivity index (χ1n) is 0. The van der Waals surface area contributed by atoms with Gasteiger partial charge in [0.25, 0.3) is 0 Å². The molecule has 0 aromatic carbocycles. The fourth-order valence-electron chi connectivity index (χ4n) is 0. The fraction of sp³-hybridized carbons (Fsp3) is 0. The van der Waals surface area contributed by atoms with Gasteiger partial charge in [0.05, 0.1) is 0 Å². The fourth-order valence-corrected chi connectivity index (χ4v) is 0. The van der Waals surface area contributed by atoms with Crippen LogP contribution in [0.2, 0.25) is 0 Å². The van der Waals surface area contributed by atoms with E-state index in [-0.39, 0.29) is 90.3 Å². The van der Waals surface area contributed by atoms with Crippen molar-refractivity contribution in [2.24, 2.45) is 0 Å². The SMILES string of the molecule is [Co].[Li].[Mn].[Mo].[Ni]. The van der Waals surface area contributed by atoms with E-state index in [0.29, 0.717) is 0 Å². The van der Waals surface area contributed by atoms with Crippen LogP contribution in [0.4, 0.5) is 0 Å². The molecule has 0 rings (SSSR count). The van der Waals surface area contributed by atoms with Crippen molar-refractivity contribution in [1.82, 2.24) is 0 Å². The second kappa shape index (κ2) is 29.1. The average molecular weight is 275 g/mol. The summed E-state index contributed by atoms with van der Waals surface area (Å²) in [5.41, 5.74) is 0. The standard InChI is InChI=1S/Co.Li.Mn.Mo.Ni. The Labute approximate surface area is 89.0 Å². The molecule has 0 aliphatic carbocycles. The van der Waals surface area contributed by atoms with E-state index in [1.165, 1.54) is 0 Å². The van der Waals surface area contributed by atoms with Crippen LogP contribution in [-0.2, 0) is 71.4 Å². The van der Waals surface area contributed by atoms with Crippen molar-refractivity contribution in [3.05, 3.63) is 0 Å². The Hall–Kier alpha value is 2.81. The Morgan fingerprint density at radius 3 is 1.00 bits per heavy atom. The van der Waals surface area contributed by atoms with Gasteiger partial charge in [-0.15, -0.1) is 0 Å². The molecule has 0 aliphatic heterocycles. The summed E-state index contributed by atoms with van der Waals surface area (Å²) in [5.74, 6) is 0. The quantitative estimate of drug-likeness (QED) is 0.528. The van der Waals surface area contributed by atoms with Crippen molar-refractivity contribution in [1.29, 1.82) is 0 Å². The molecule has 0 aromatic rings. The maximum Gasteiger partial charge on any atom is 0 e. The van der Waals surface area contributed by atoms with Crippen LogP contribution >= 0.6 is 0 Å². The van der Waals surface area contributed by atoms with Crippen molar-refractivity contribution in [2.75, 3.05) is 0 Å². The zero-order valence-corrected chi connectivity index (χ0v) is 7.65. The molecule has 33 valence electrons. The third-order valence-electron chi connectivity index (χ3n) is 0. The Bertz CT molecular complexity index is 11.6. The summed E-state index contributed by atoms with van der Waals surface area (Å²) < 4.78 is 0. The van der Waals surface area contributed by atoms with Gasteiger partial charge in [-0.1, -0.05) is 0 Å². The predicted octanol–water partition coefficient (Wildman–Crippen LogP) is -0.391. The second-order valence-corrected chi connectivity index (χ2v) is 0. The molecule has 3 radical (unpaired) electrons. The monoisotopic (exact) mass is 277 g/mol. The van der Waals surface area contributed by atoms with E-state index in [1.54, 1.807) is 0 Å². The minimum absolute atomic E-state index is 0. The van der Waals surface area contributed by atoms with Crippen molar-refractivity contribution < 1.29 is 71.4 Å². The Kier molecular flexibility index (Phi) is 268. The zero-order chi connectivity index (χ0) is 0. The van der Waals surface area contributed by atoms with Crippen LogP contribution < -0.4 is 0 Å². The van der Waals surface area contributed by atoms with Gasteiger partial charge in [-0.2, -0.15) is 0 Å². The molecule has 0 nitrogen and oxygen atoms in total. The summed E-state index contributed by atoms with van der Waals surface area (Å²) in [6.45, 7) is 0. The molecule has 0 saturated heterocycles. The van der Waals surface area contributed by atoms with Crippen molar-refractivity contribution in [3.8, 4) is 0 Å². The van der Waals surface area contributed by atoms with E-state index < -0.39 is 0 Å². The summed E-state index contributed by atoms with van der Waals surface area (Å²) in [4.78, 5) is 0. The van der Waals surface area contributed by atoms with E-state index in [1.807, 2.05) is 0 Å². The van der Waals surface area contributed by atoms with Gasteiger partial charge >= 0.3 is 0 Å². The van der Waals surface area contributed by atoms with Crippen LogP contribution in [0, 0.1) is 0 Å². The van der Waals surface area contributed by atoms with Crippen LogP contribution in [0.5, 0.6) is 0 Å². The molecule has 5 heteroatoms. The maximum atomic E-state index is 0. The van der Waals surface area contributed by atoms with E-state index in [0.717, 1.165) is 0 Å². The summed E-state index contributed by atoms with van der Waals surface area (Å²) in [7, 11) is 0. The van der Waals surface area contributed by atoms with Crippen LogP contribution in [0.15, 0.2) is 0 Å². The second-order valence-electron chi connectivity index (χ2n) is 0. The van der Waals surface area contributed by atoms with Gasteiger partial charge in [0, 0.05) is 90.3 Å². The normalized spacial score (nSPS) is 0. The van der Waals surface area contributed by atoms with Crippen molar-refractivity contribution in [2.45, 2.75) is 0 Å². The molecule has 0 bridgehead atoms. The summed E-state index contributed by atoms with van der Waals surface area (Å²) >= 11 is 0. The van der Waals surface area contributed by atoms with Crippen molar-refractivity contribution in [3.63, 3.8) is 0 Å². The first-order chi connectivity index (χ1) is 0. The van der Waals surface area contributed by atoms with Gasteiger partial charge in [0.1, 0.15) is 0 Å². The number of rotatable bonds is 0. The predicted molar refractivity (Wildman–Crippen MR) is 5.75 cm³/mol. The Morgan fingerprint density at radius 1 is 1.00 bits per heavy atom. The molecule has 5 heavy (non-hydrogen) atoms. The molecule has 0 aliphatic rings. The number of hydrogen-bond acceptors (Lipinski definition) is 0. The minimum Gasteiger partial charge on any atom is 0 e.